The molecule has 0 atom stereocenters. The smallest absolute Gasteiger partial charge is 0.346 e. The molecule has 1 saturated carbocycles. The number of rotatable bonds is 4. The number of hydrogen-bond acceptors (Lipinski definition) is 3. The van der Waals surface area contributed by atoms with Crippen LogP contribution in [0.3, 0.4) is 0 Å². The number of halogens is 3. The van der Waals surface area contributed by atoms with Crippen LogP contribution in [0.25, 0.3) is 0 Å². The fourth-order valence-corrected chi connectivity index (χ4v) is 3.29. The van der Waals surface area contributed by atoms with Gasteiger partial charge in [0.05, 0.1) is 11.7 Å². The van der Waals surface area contributed by atoms with E-state index in [0.29, 0.717) is 0 Å². The topological polar surface area (TPSA) is 35.5 Å². The van der Waals surface area contributed by atoms with Crippen LogP contribution >= 0.6 is 0 Å². The number of hydrogen-bond donors (Lipinski definition) is 0. The molecule has 0 N–H and O–H groups in total. The maximum absolute atomic E-state index is 14.4. The van der Waals surface area contributed by atoms with Crippen molar-refractivity contribution >= 4 is 5.97 Å². The van der Waals surface area contributed by atoms with E-state index in [1.54, 1.807) is 13.2 Å². The van der Waals surface area contributed by atoms with E-state index < -0.39 is 23.4 Å². The van der Waals surface area contributed by atoms with E-state index in [4.69, 9.17) is 9.47 Å². The minimum absolute atomic E-state index is 0.185. The molecule has 6 heteroatoms. The SMILES string of the molecule is COC1CCC(c2ccc(C(=O)Oc3ccc(F)c(F)c3)c(F)c2)CC1. The third-order valence-electron chi connectivity index (χ3n) is 4.79. The molecule has 26 heavy (non-hydrogen) atoms. The van der Waals surface area contributed by atoms with Crippen LogP contribution in [0.4, 0.5) is 13.2 Å². The van der Waals surface area contributed by atoms with Crippen molar-refractivity contribution in [2.24, 2.45) is 0 Å². The zero-order valence-electron chi connectivity index (χ0n) is 14.3. The van der Waals surface area contributed by atoms with Crippen molar-refractivity contribution in [3.63, 3.8) is 0 Å². The molecule has 0 saturated heterocycles. The minimum Gasteiger partial charge on any atom is -0.423 e. The predicted octanol–water partition coefficient (Wildman–Crippen LogP) is 5.00. The van der Waals surface area contributed by atoms with Crippen molar-refractivity contribution in [3.05, 3.63) is 65.0 Å². The van der Waals surface area contributed by atoms with Gasteiger partial charge in [-0.2, -0.15) is 0 Å². The number of carbonyl (C=O) groups is 1. The number of ether oxygens (including phenoxy) is 2. The summed E-state index contributed by atoms with van der Waals surface area (Å²) in [5, 5.41) is 0. The van der Waals surface area contributed by atoms with Gasteiger partial charge in [0, 0.05) is 13.2 Å². The number of benzene rings is 2. The Morgan fingerprint density at radius 3 is 2.27 bits per heavy atom. The number of methoxy groups -OCH3 is 1. The third kappa shape index (κ3) is 4.07. The van der Waals surface area contributed by atoms with Crippen LogP contribution in [0.15, 0.2) is 36.4 Å². The van der Waals surface area contributed by atoms with Crippen molar-refractivity contribution in [2.45, 2.75) is 37.7 Å². The second kappa shape index (κ2) is 7.91. The maximum atomic E-state index is 14.4. The van der Waals surface area contributed by atoms with Crippen LogP contribution in [0, 0.1) is 17.5 Å². The van der Waals surface area contributed by atoms with Gasteiger partial charge in [-0.1, -0.05) is 6.07 Å². The summed E-state index contributed by atoms with van der Waals surface area (Å²) in [6.07, 6.45) is 3.89. The molecular formula is C20H19F3O3. The van der Waals surface area contributed by atoms with Gasteiger partial charge in [-0.25, -0.2) is 18.0 Å². The van der Waals surface area contributed by atoms with Gasteiger partial charge in [-0.05, 0) is 61.4 Å². The Labute approximate surface area is 149 Å². The molecule has 1 fully saturated rings. The molecule has 1 aliphatic carbocycles. The van der Waals surface area contributed by atoms with Gasteiger partial charge < -0.3 is 9.47 Å². The van der Waals surface area contributed by atoms with Gasteiger partial charge in [-0.3, -0.25) is 0 Å². The first-order chi connectivity index (χ1) is 12.5. The average molecular weight is 364 g/mol. The molecule has 2 aromatic rings. The zero-order chi connectivity index (χ0) is 18.7. The summed E-state index contributed by atoms with van der Waals surface area (Å²) in [6, 6.07) is 7.12. The van der Waals surface area contributed by atoms with Gasteiger partial charge in [0.25, 0.3) is 0 Å². The lowest BCUT2D eigenvalue weighted by molar-refractivity contribution is 0.0658. The molecular weight excluding hydrogens is 345 g/mol. The zero-order valence-corrected chi connectivity index (χ0v) is 14.3. The lowest BCUT2D eigenvalue weighted by Crippen LogP contribution is -2.19. The van der Waals surface area contributed by atoms with E-state index in [1.807, 2.05) is 0 Å². The Morgan fingerprint density at radius 2 is 1.65 bits per heavy atom. The van der Waals surface area contributed by atoms with Crippen LogP contribution in [0.2, 0.25) is 0 Å². The second-order valence-corrected chi connectivity index (χ2v) is 6.41. The highest BCUT2D eigenvalue weighted by molar-refractivity contribution is 5.91. The van der Waals surface area contributed by atoms with Gasteiger partial charge >= 0.3 is 5.97 Å². The first-order valence-corrected chi connectivity index (χ1v) is 8.47. The van der Waals surface area contributed by atoms with Crippen LogP contribution in [-0.2, 0) is 4.74 Å². The molecule has 0 radical (unpaired) electrons. The summed E-state index contributed by atoms with van der Waals surface area (Å²) in [6.45, 7) is 0. The highest BCUT2D eigenvalue weighted by Gasteiger charge is 2.24. The molecule has 0 unspecified atom stereocenters. The lowest BCUT2D eigenvalue weighted by atomic mass is 9.82. The van der Waals surface area contributed by atoms with Crippen molar-refractivity contribution in [2.75, 3.05) is 7.11 Å². The Bertz CT molecular complexity index is 799. The van der Waals surface area contributed by atoms with Crippen molar-refractivity contribution in [1.82, 2.24) is 0 Å². The molecule has 0 heterocycles. The average Bonchev–Trinajstić information content (AvgIpc) is 2.64. The van der Waals surface area contributed by atoms with Crippen LogP contribution in [0.5, 0.6) is 5.75 Å². The summed E-state index contributed by atoms with van der Waals surface area (Å²) in [5.41, 5.74) is 0.588. The highest BCUT2D eigenvalue weighted by Crippen LogP contribution is 2.34. The molecule has 0 amide bonds. The van der Waals surface area contributed by atoms with Crippen molar-refractivity contribution < 1.29 is 27.4 Å². The van der Waals surface area contributed by atoms with Crippen LogP contribution in [0.1, 0.15) is 47.5 Å². The van der Waals surface area contributed by atoms with Gasteiger partial charge in [0.1, 0.15) is 11.6 Å². The molecule has 3 nitrogen and oxygen atoms in total. The van der Waals surface area contributed by atoms with Crippen LogP contribution in [-0.4, -0.2) is 19.2 Å². The fraction of sp³-hybridized carbons (Fsp3) is 0.350. The summed E-state index contributed by atoms with van der Waals surface area (Å²) in [5.74, 6) is -3.80. The Morgan fingerprint density at radius 1 is 0.923 bits per heavy atom. The standard InChI is InChI=1S/C20H19F3O3/c1-25-14-5-2-12(3-6-14)13-4-8-16(18(22)10-13)20(24)26-15-7-9-17(21)19(23)11-15/h4,7-12,14H,2-3,5-6H2,1H3. The predicted molar refractivity (Wildman–Crippen MR) is 89.7 cm³/mol. The summed E-state index contributed by atoms with van der Waals surface area (Å²) < 4.78 is 50.7. The normalized spacial score (nSPS) is 20.0. The molecule has 0 spiro atoms. The van der Waals surface area contributed by atoms with Crippen LogP contribution < -0.4 is 4.74 Å². The quantitative estimate of drug-likeness (QED) is 0.566. The lowest BCUT2D eigenvalue weighted by Gasteiger charge is -2.28. The third-order valence-corrected chi connectivity index (χ3v) is 4.79. The molecule has 2 aromatic carbocycles. The molecule has 138 valence electrons. The summed E-state index contributed by atoms with van der Waals surface area (Å²) in [7, 11) is 1.69. The van der Waals surface area contributed by atoms with Gasteiger partial charge in [-0.15, -0.1) is 0 Å². The molecule has 3 rings (SSSR count). The Hall–Kier alpha value is -2.34. The fourth-order valence-electron chi connectivity index (χ4n) is 3.29. The van der Waals surface area contributed by atoms with Crippen molar-refractivity contribution in [3.8, 4) is 5.75 Å². The van der Waals surface area contributed by atoms with E-state index in [1.165, 1.54) is 12.1 Å². The second-order valence-electron chi connectivity index (χ2n) is 6.41. The van der Waals surface area contributed by atoms with E-state index in [-0.39, 0.29) is 23.3 Å². The monoisotopic (exact) mass is 364 g/mol. The first kappa shape index (κ1) is 18.5. The first-order valence-electron chi connectivity index (χ1n) is 8.47. The molecule has 0 aliphatic heterocycles. The van der Waals surface area contributed by atoms with Crippen molar-refractivity contribution in [1.29, 1.82) is 0 Å². The van der Waals surface area contributed by atoms with Gasteiger partial charge in [0.15, 0.2) is 11.6 Å². The minimum atomic E-state index is -1.14. The molecule has 0 aromatic heterocycles. The number of esters is 1. The van der Waals surface area contributed by atoms with E-state index in [0.717, 1.165) is 49.4 Å². The Kier molecular flexibility index (Phi) is 5.61. The summed E-state index contributed by atoms with van der Waals surface area (Å²) in [4.78, 5) is 12.1. The Balaban J connectivity index is 1.70. The molecule has 1 aliphatic rings. The highest BCUT2D eigenvalue weighted by atomic mass is 19.2. The van der Waals surface area contributed by atoms with E-state index in [9.17, 15) is 18.0 Å². The maximum Gasteiger partial charge on any atom is 0.346 e. The van der Waals surface area contributed by atoms with E-state index in [2.05, 4.69) is 0 Å². The largest absolute Gasteiger partial charge is 0.423 e. The molecule has 0 bridgehead atoms. The summed E-state index contributed by atoms with van der Waals surface area (Å²) >= 11 is 0. The van der Waals surface area contributed by atoms with Gasteiger partial charge in [0.2, 0.25) is 0 Å². The number of carbonyl (C=O) groups excluding carboxylic acids is 1. The van der Waals surface area contributed by atoms with E-state index >= 15 is 0 Å².